The number of aromatic nitrogens is 3. The highest BCUT2D eigenvalue weighted by Crippen LogP contribution is 2.36. The topological polar surface area (TPSA) is 103 Å². The van der Waals surface area contributed by atoms with Crippen molar-refractivity contribution in [2.45, 2.75) is 11.1 Å². The fourth-order valence-corrected chi connectivity index (χ4v) is 5.35. The lowest BCUT2D eigenvalue weighted by Gasteiger charge is -2.10. The molecular formula is C18H16FN5O2S2. The number of rotatable bonds is 4. The van der Waals surface area contributed by atoms with Gasteiger partial charge < -0.3 is 10.3 Å². The van der Waals surface area contributed by atoms with Gasteiger partial charge in [0.15, 0.2) is 5.82 Å². The Hall–Kier alpha value is -2.98. The molecule has 3 heterocycles. The quantitative estimate of drug-likeness (QED) is 0.529. The Morgan fingerprint density at radius 3 is 2.68 bits per heavy atom. The van der Waals surface area contributed by atoms with Gasteiger partial charge in [0.1, 0.15) is 22.0 Å². The van der Waals surface area contributed by atoms with Crippen molar-refractivity contribution in [3.63, 3.8) is 0 Å². The van der Waals surface area contributed by atoms with Gasteiger partial charge in [-0.3, -0.25) is 4.72 Å². The number of halogens is 1. The van der Waals surface area contributed by atoms with E-state index in [0.717, 1.165) is 16.2 Å². The number of thiophene rings is 1. The molecule has 0 radical (unpaired) electrons. The molecule has 28 heavy (non-hydrogen) atoms. The maximum absolute atomic E-state index is 15.3. The van der Waals surface area contributed by atoms with Crippen molar-refractivity contribution >= 4 is 43.9 Å². The minimum absolute atomic E-state index is 0.123. The number of fused-ring (bicyclic) bond motifs is 1. The number of aryl methyl sites for hydroxylation is 2. The molecule has 7 nitrogen and oxygen atoms in total. The molecule has 1 aromatic carbocycles. The van der Waals surface area contributed by atoms with Crippen LogP contribution in [-0.4, -0.2) is 23.0 Å². The predicted octanol–water partition coefficient (Wildman–Crippen LogP) is 3.53. The van der Waals surface area contributed by atoms with Gasteiger partial charge in [-0.15, -0.1) is 11.3 Å². The summed E-state index contributed by atoms with van der Waals surface area (Å²) < 4.78 is 44.6. The highest BCUT2D eigenvalue weighted by molar-refractivity contribution is 7.94. The Bertz CT molecular complexity index is 1310. The van der Waals surface area contributed by atoms with Crippen molar-refractivity contribution in [1.82, 2.24) is 14.5 Å². The summed E-state index contributed by atoms with van der Waals surface area (Å²) in [7, 11) is -2.12. The summed E-state index contributed by atoms with van der Waals surface area (Å²) >= 11 is 1.12. The summed E-state index contributed by atoms with van der Waals surface area (Å²) in [6, 6.07) is 7.71. The maximum atomic E-state index is 15.3. The van der Waals surface area contributed by atoms with Crippen LogP contribution in [0.2, 0.25) is 0 Å². The fraction of sp³-hybridized carbons (Fsp3) is 0.111. The molecule has 0 aliphatic carbocycles. The molecular weight excluding hydrogens is 401 g/mol. The van der Waals surface area contributed by atoms with Crippen molar-refractivity contribution in [3.05, 3.63) is 53.6 Å². The SMILES string of the molecule is Cc1ccc(S(=O)(=O)Nc2cccc(-c3cn(C)c4ncnc(N)c34)c2F)s1. The Morgan fingerprint density at radius 2 is 1.96 bits per heavy atom. The van der Waals surface area contributed by atoms with Crippen LogP contribution in [0.1, 0.15) is 4.88 Å². The molecule has 0 fully saturated rings. The van der Waals surface area contributed by atoms with Gasteiger partial charge in [0.25, 0.3) is 10.0 Å². The first kappa shape index (κ1) is 18.4. The molecule has 0 saturated carbocycles. The molecule has 0 unspecified atom stereocenters. The van der Waals surface area contributed by atoms with Crippen LogP contribution in [0.15, 0.2) is 47.1 Å². The molecule has 10 heteroatoms. The molecule has 0 amide bonds. The van der Waals surface area contributed by atoms with Gasteiger partial charge in [-0.05, 0) is 25.1 Å². The van der Waals surface area contributed by atoms with Crippen molar-refractivity contribution < 1.29 is 12.8 Å². The molecule has 0 aliphatic rings. The number of anilines is 2. The first-order valence-electron chi connectivity index (χ1n) is 8.21. The molecule has 3 aromatic heterocycles. The monoisotopic (exact) mass is 417 g/mol. The van der Waals surface area contributed by atoms with Gasteiger partial charge in [0, 0.05) is 29.2 Å². The molecule has 0 bridgehead atoms. The molecule has 0 saturated heterocycles. The summed E-state index contributed by atoms with van der Waals surface area (Å²) in [5.41, 5.74) is 7.08. The Kier molecular flexibility index (Phi) is 4.31. The first-order chi connectivity index (χ1) is 13.3. The third-order valence-corrected chi connectivity index (χ3v) is 7.15. The minimum atomic E-state index is -3.89. The number of hydrogen-bond donors (Lipinski definition) is 2. The van der Waals surface area contributed by atoms with Crippen molar-refractivity contribution in [3.8, 4) is 11.1 Å². The van der Waals surface area contributed by atoms with E-state index in [2.05, 4.69) is 14.7 Å². The van der Waals surface area contributed by atoms with Crippen LogP contribution >= 0.6 is 11.3 Å². The first-order valence-corrected chi connectivity index (χ1v) is 10.5. The number of nitrogen functional groups attached to an aromatic ring is 1. The van der Waals surface area contributed by atoms with E-state index in [4.69, 9.17) is 5.73 Å². The van der Waals surface area contributed by atoms with Crippen LogP contribution in [-0.2, 0) is 17.1 Å². The van der Waals surface area contributed by atoms with Crippen LogP contribution in [0.25, 0.3) is 22.2 Å². The zero-order valence-corrected chi connectivity index (χ0v) is 16.6. The third kappa shape index (κ3) is 3.00. The van der Waals surface area contributed by atoms with Gasteiger partial charge in [0.2, 0.25) is 0 Å². The van der Waals surface area contributed by atoms with Crippen molar-refractivity contribution in [2.75, 3.05) is 10.5 Å². The lowest BCUT2D eigenvalue weighted by molar-refractivity contribution is 0.600. The summed E-state index contributed by atoms with van der Waals surface area (Å²) in [4.78, 5) is 9.01. The van der Waals surface area contributed by atoms with Crippen LogP contribution in [0.5, 0.6) is 0 Å². The van der Waals surface area contributed by atoms with Crippen molar-refractivity contribution in [2.24, 2.45) is 7.05 Å². The van der Waals surface area contributed by atoms with Gasteiger partial charge >= 0.3 is 0 Å². The van der Waals surface area contributed by atoms with E-state index in [1.807, 2.05) is 0 Å². The average Bonchev–Trinajstić information content (AvgIpc) is 3.22. The largest absolute Gasteiger partial charge is 0.383 e. The van der Waals surface area contributed by atoms with Crippen LogP contribution in [0, 0.1) is 12.7 Å². The lowest BCUT2D eigenvalue weighted by atomic mass is 10.0. The highest BCUT2D eigenvalue weighted by atomic mass is 32.2. The van der Waals surface area contributed by atoms with E-state index >= 15 is 4.39 Å². The summed E-state index contributed by atoms with van der Waals surface area (Å²) in [6.45, 7) is 1.80. The third-order valence-electron chi connectivity index (χ3n) is 4.30. The molecule has 144 valence electrons. The number of nitrogens with two attached hydrogens (primary N) is 1. The van der Waals surface area contributed by atoms with Gasteiger partial charge in [-0.25, -0.2) is 22.8 Å². The summed E-state index contributed by atoms with van der Waals surface area (Å²) in [5.74, 6) is -0.477. The van der Waals surface area contributed by atoms with E-state index in [9.17, 15) is 8.42 Å². The average molecular weight is 417 g/mol. The zero-order valence-electron chi connectivity index (χ0n) is 15.0. The van der Waals surface area contributed by atoms with E-state index in [1.165, 1.54) is 18.5 Å². The Morgan fingerprint density at radius 1 is 1.18 bits per heavy atom. The molecule has 0 aliphatic heterocycles. The smallest absolute Gasteiger partial charge is 0.271 e. The molecule has 0 atom stereocenters. The number of nitrogens with one attached hydrogen (secondary N) is 1. The van der Waals surface area contributed by atoms with Crippen LogP contribution in [0.3, 0.4) is 0 Å². The second-order valence-corrected chi connectivity index (χ2v) is 9.45. The lowest BCUT2D eigenvalue weighted by Crippen LogP contribution is -2.12. The van der Waals surface area contributed by atoms with Crippen molar-refractivity contribution in [1.29, 1.82) is 0 Å². The zero-order chi connectivity index (χ0) is 20.1. The van der Waals surface area contributed by atoms with Gasteiger partial charge in [-0.2, -0.15) is 0 Å². The second kappa shape index (κ2) is 6.57. The van der Waals surface area contributed by atoms with Crippen LogP contribution < -0.4 is 10.5 Å². The maximum Gasteiger partial charge on any atom is 0.271 e. The Labute approximate surface area is 164 Å². The van der Waals surface area contributed by atoms with Gasteiger partial charge in [-0.1, -0.05) is 12.1 Å². The molecule has 4 aromatic rings. The number of nitrogens with zero attached hydrogens (tertiary/aromatic N) is 3. The normalized spacial score (nSPS) is 11.8. The summed E-state index contributed by atoms with van der Waals surface area (Å²) in [5, 5.41) is 0.512. The molecule has 4 rings (SSSR count). The minimum Gasteiger partial charge on any atom is -0.383 e. The number of sulfonamides is 1. The fourth-order valence-electron chi connectivity index (χ4n) is 3.01. The second-order valence-electron chi connectivity index (χ2n) is 6.25. The van der Waals surface area contributed by atoms with Gasteiger partial charge in [0.05, 0.1) is 11.1 Å². The summed E-state index contributed by atoms with van der Waals surface area (Å²) in [6.07, 6.45) is 3.03. The van der Waals surface area contributed by atoms with E-state index in [-0.39, 0.29) is 21.3 Å². The van der Waals surface area contributed by atoms with E-state index < -0.39 is 15.8 Å². The Balaban J connectivity index is 1.83. The van der Waals surface area contributed by atoms with E-state index in [0.29, 0.717) is 16.6 Å². The predicted molar refractivity (Wildman–Crippen MR) is 108 cm³/mol. The van der Waals surface area contributed by atoms with Crippen LogP contribution in [0.4, 0.5) is 15.9 Å². The van der Waals surface area contributed by atoms with E-state index in [1.54, 1.807) is 42.9 Å². The standard InChI is InChI=1S/C18H16FN5O2S2/c1-10-6-7-14(27-10)28(25,26)23-13-5-3-4-11(16(13)19)12-8-24(2)18-15(12)17(20)21-9-22-18/h3-9,23H,1-2H3,(H2,20,21,22). The number of benzene rings is 1. The highest BCUT2D eigenvalue weighted by Gasteiger charge is 2.22. The molecule has 0 spiro atoms. The molecule has 3 N–H and O–H groups in total. The number of hydrogen-bond acceptors (Lipinski definition) is 6.